The molecule has 0 bridgehead atoms. The standard InChI is InChI=1S/C17H13N3O2/c21-17(22)14-7-5-12(6-8-14)11-18-20-16-10-9-13-3-1-2-4-15(13)19-16/h1-11H,(H,19,20)(H,21,22)/b18-11-. The molecule has 0 spiro atoms. The summed E-state index contributed by atoms with van der Waals surface area (Å²) in [5.74, 6) is -0.293. The zero-order chi connectivity index (χ0) is 15.4. The Balaban J connectivity index is 1.71. The summed E-state index contributed by atoms with van der Waals surface area (Å²) in [5.41, 5.74) is 4.82. The van der Waals surface area contributed by atoms with E-state index in [1.807, 2.05) is 36.4 Å². The summed E-state index contributed by atoms with van der Waals surface area (Å²) >= 11 is 0. The van der Waals surface area contributed by atoms with E-state index in [1.165, 1.54) is 12.1 Å². The van der Waals surface area contributed by atoms with E-state index in [4.69, 9.17) is 5.11 Å². The predicted molar refractivity (Wildman–Crippen MR) is 86.4 cm³/mol. The normalized spacial score (nSPS) is 10.9. The van der Waals surface area contributed by atoms with Crippen LogP contribution >= 0.6 is 0 Å². The molecule has 2 aromatic carbocycles. The van der Waals surface area contributed by atoms with Crippen molar-refractivity contribution in [2.45, 2.75) is 0 Å². The van der Waals surface area contributed by atoms with Gasteiger partial charge in [-0.3, -0.25) is 5.43 Å². The average Bonchev–Trinajstić information content (AvgIpc) is 2.55. The molecule has 22 heavy (non-hydrogen) atoms. The molecule has 1 aromatic heterocycles. The minimum atomic E-state index is -0.943. The first-order valence-corrected chi connectivity index (χ1v) is 6.70. The lowest BCUT2D eigenvalue weighted by Gasteiger charge is -2.01. The molecule has 0 radical (unpaired) electrons. The maximum Gasteiger partial charge on any atom is 0.335 e. The van der Waals surface area contributed by atoms with Gasteiger partial charge in [-0.05, 0) is 35.9 Å². The molecule has 3 aromatic rings. The summed E-state index contributed by atoms with van der Waals surface area (Å²) in [6.45, 7) is 0. The Morgan fingerprint density at radius 2 is 1.82 bits per heavy atom. The summed E-state index contributed by atoms with van der Waals surface area (Å²) in [5, 5.41) is 14.0. The number of fused-ring (bicyclic) bond motifs is 1. The topological polar surface area (TPSA) is 74.6 Å². The first-order valence-electron chi connectivity index (χ1n) is 6.70. The molecule has 2 N–H and O–H groups in total. The van der Waals surface area contributed by atoms with Crippen molar-refractivity contribution in [2.75, 3.05) is 5.43 Å². The van der Waals surface area contributed by atoms with E-state index in [-0.39, 0.29) is 5.56 Å². The fraction of sp³-hybridized carbons (Fsp3) is 0. The van der Waals surface area contributed by atoms with Gasteiger partial charge >= 0.3 is 5.97 Å². The molecule has 0 saturated carbocycles. The van der Waals surface area contributed by atoms with E-state index < -0.39 is 5.97 Å². The SMILES string of the molecule is O=C(O)c1ccc(/C=N\Nc2ccc3ccccc3n2)cc1. The number of carbonyl (C=O) groups is 1. The number of hydrogen-bond donors (Lipinski definition) is 2. The molecular weight excluding hydrogens is 278 g/mol. The zero-order valence-corrected chi connectivity index (χ0v) is 11.6. The number of para-hydroxylation sites is 1. The Labute approximate surface area is 126 Å². The van der Waals surface area contributed by atoms with Gasteiger partial charge in [0.2, 0.25) is 0 Å². The first-order chi connectivity index (χ1) is 10.7. The van der Waals surface area contributed by atoms with Crippen LogP contribution in [0.2, 0.25) is 0 Å². The van der Waals surface area contributed by atoms with Crippen molar-refractivity contribution < 1.29 is 9.90 Å². The van der Waals surface area contributed by atoms with Crippen LogP contribution in [0.4, 0.5) is 5.82 Å². The number of carboxylic acids is 1. The number of anilines is 1. The number of pyridine rings is 1. The number of benzene rings is 2. The van der Waals surface area contributed by atoms with Crippen LogP contribution in [0, 0.1) is 0 Å². The fourth-order valence-corrected chi connectivity index (χ4v) is 2.01. The second-order valence-corrected chi connectivity index (χ2v) is 4.69. The van der Waals surface area contributed by atoms with Crippen LogP contribution < -0.4 is 5.43 Å². The second kappa shape index (κ2) is 6.05. The molecule has 0 unspecified atom stereocenters. The van der Waals surface area contributed by atoms with Crippen molar-refractivity contribution in [3.63, 3.8) is 0 Å². The quantitative estimate of drug-likeness (QED) is 0.571. The fourth-order valence-electron chi connectivity index (χ4n) is 2.01. The Hall–Kier alpha value is -3.21. The Kier molecular flexibility index (Phi) is 3.78. The van der Waals surface area contributed by atoms with E-state index >= 15 is 0 Å². The Morgan fingerprint density at radius 3 is 2.59 bits per heavy atom. The molecule has 5 nitrogen and oxygen atoms in total. The van der Waals surface area contributed by atoms with Gasteiger partial charge in [-0.25, -0.2) is 9.78 Å². The van der Waals surface area contributed by atoms with Crippen molar-refractivity contribution in [1.29, 1.82) is 0 Å². The van der Waals surface area contributed by atoms with Gasteiger partial charge in [0, 0.05) is 5.39 Å². The van der Waals surface area contributed by atoms with Gasteiger partial charge < -0.3 is 5.11 Å². The van der Waals surface area contributed by atoms with Gasteiger partial charge in [-0.1, -0.05) is 30.3 Å². The van der Waals surface area contributed by atoms with Gasteiger partial charge in [-0.2, -0.15) is 5.10 Å². The minimum Gasteiger partial charge on any atom is -0.478 e. The van der Waals surface area contributed by atoms with Crippen LogP contribution in [0.5, 0.6) is 0 Å². The summed E-state index contributed by atoms with van der Waals surface area (Å²) in [4.78, 5) is 15.2. The summed E-state index contributed by atoms with van der Waals surface area (Å²) in [6, 6.07) is 18.1. The highest BCUT2D eigenvalue weighted by molar-refractivity contribution is 5.89. The number of nitrogens with one attached hydrogen (secondary N) is 1. The lowest BCUT2D eigenvalue weighted by Crippen LogP contribution is -1.97. The molecule has 108 valence electrons. The van der Waals surface area contributed by atoms with E-state index in [9.17, 15) is 4.79 Å². The smallest absolute Gasteiger partial charge is 0.335 e. The van der Waals surface area contributed by atoms with Crippen LogP contribution in [-0.4, -0.2) is 22.3 Å². The summed E-state index contributed by atoms with van der Waals surface area (Å²) in [7, 11) is 0. The van der Waals surface area contributed by atoms with Crippen molar-refractivity contribution in [3.8, 4) is 0 Å². The minimum absolute atomic E-state index is 0.251. The van der Waals surface area contributed by atoms with Gasteiger partial charge in [0.25, 0.3) is 0 Å². The zero-order valence-electron chi connectivity index (χ0n) is 11.6. The number of rotatable bonds is 4. The maximum atomic E-state index is 10.8. The number of aromatic nitrogens is 1. The maximum absolute atomic E-state index is 10.8. The van der Waals surface area contributed by atoms with Crippen molar-refractivity contribution in [2.24, 2.45) is 5.10 Å². The van der Waals surface area contributed by atoms with E-state index in [1.54, 1.807) is 18.3 Å². The molecule has 0 amide bonds. The highest BCUT2D eigenvalue weighted by Crippen LogP contribution is 2.14. The third kappa shape index (κ3) is 3.09. The molecule has 0 atom stereocenters. The largest absolute Gasteiger partial charge is 0.478 e. The second-order valence-electron chi connectivity index (χ2n) is 4.69. The molecule has 0 aliphatic heterocycles. The van der Waals surface area contributed by atoms with Gasteiger partial charge in [0.15, 0.2) is 0 Å². The van der Waals surface area contributed by atoms with Gasteiger partial charge in [0.1, 0.15) is 5.82 Å². The molecule has 1 heterocycles. The van der Waals surface area contributed by atoms with Gasteiger partial charge in [-0.15, -0.1) is 0 Å². The number of hydrazone groups is 1. The molecule has 0 fully saturated rings. The van der Waals surface area contributed by atoms with Crippen LogP contribution in [0.1, 0.15) is 15.9 Å². The van der Waals surface area contributed by atoms with Crippen molar-refractivity contribution in [1.82, 2.24) is 4.98 Å². The summed E-state index contributed by atoms with van der Waals surface area (Å²) in [6.07, 6.45) is 1.61. The molecule has 5 heteroatoms. The van der Waals surface area contributed by atoms with Crippen LogP contribution in [0.3, 0.4) is 0 Å². The lowest BCUT2D eigenvalue weighted by molar-refractivity contribution is 0.0697. The van der Waals surface area contributed by atoms with Crippen molar-refractivity contribution >= 4 is 28.9 Å². The molecule has 3 rings (SSSR count). The van der Waals surface area contributed by atoms with E-state index in [2.05, 4.69) is 15.5 Å². The monoisotopic (exact) mass is 291 g/mol. The third-order valence-corrected chi connectivity index (χ3v) is 3.15. The highest BCUT2D eigenvalue weighted by Gasteiger charge is 2.00. The number of aromatic carboxylic acids is 1. The number of carboxylic acid groups (broad SMARTS) is 1. The third-order valence-electron chi connectivity index (χ3n) is 3.15. The van der Waals surface area contributed by atoms with E-state index in [0.717, 1.165) is 16.5 Å². The van der Waals surface area contributed by atoms with Gasteiger partial charge in [0.05, 0.1) is 17.3 Å². The lowest BCUT2D eigenvalue weighted by atomic mass is 10.1. The Morgan fingerprint density at radius 1 is 1.05 bits per heavy atom. The number of hydrogen-bond acceptors (Lipinski definition) is 4. The van der Waals surface area contributed by atoms with Crippen LogP contribution in [0.15, 0.2) is 65.8 Å². The van der Waals surface area contributed by atoms with Crippen LogP contribution in [-0.2, 0) is 0 Å². The predicted octanol–water partition coefficient (Wildman–Crippen LogP) is 3.38. The Bertz CT molecular complexity index is 842. The highest BCUT2D eigenvalue weighted by atomic mass is 16.4. The van der Waals surface area contributed by atoms with Crippen LogP contribution in [0.25, 0.3) is 10.9 Å². The van der Waals surface area contributed by atoms with Crippen molar-refractivity contribution in [3.05, 3.63) is 71.8 Å². The number of nitrogens with zero attached hydrogens (tertiary/aromatic N) is 2. The average molecular weight is 291 g/mol. The van der Waals surface area contributed by atoms with E-state index in [0.29, 0.717) is 5.82 Å². The molecule has 0 aliphatic carbocycles. The molecular formula is C17H13N3O2. The molecule has 0 aliphatic rings. The summed E-state index contributed by atoms with van der Waals surface area (Å²) < 4.78 is 0. The molecule has 0 saturated heterocycles. The first kappa shape index (κ1) is 13.8.